The molecule has 0 aromatic carbocycles. The topological polar surface area (TPSA) is 66.4 Å². The van der Waals surface area contributed by atoms with E-state index >= 15 is 0 Å². The van der Waals surface area contributed by atoms with E-state index < -0.39 is 5.97 Å². The standard InChI is InChI=1S/C12H17NO3/c14-11(15)2-1-5-13-12(16)10-7-8-3-4-9(10)6-8/h3-4,8-10H,1-2,5-7H2,(H,13,16)(H,14,15). The van der Waals surface area contributed by atoms with Crippen LogP contribution < -0.4 is 5.32 Å². The molecule has 1 fully saturated rings. The van der Waals surface area contributed by atoms with Crippen molar-refractivity contribution < 1.29 is 14.7 Å². The van der Waals surface area contributed by atoms with E-state index in [4.69, 9.17) is 5.11 Å². The van der Waals surface area contributed by atoms with Crippen molar-refractivity contribution in [2.75, 3.05) is 6.54 Å². The number of allylic oxidation sites excluding steroid dienone is 2. The molecular formula is C12H17NO3. The van der Waals surface area contributed by atoms with Crippen LogP contribution in [0.2, 0.25) is 0 Å². The lowest BCUT2D eigenvalue weighted by molar-refractivity contribution is -0.137. The Morgan fingerprint density at radius 3 is 2.69 bits per heavy atom. The minimum atomic E-state index is -0.808. The van der Waals surface area contributed by atoms with Crippen LogP contribution in [0.1, 0.15) is 25.7 Å². The van der Waals surface area contributed by atoms with Crippen LogP contribution in [0.4, 0.5) is 0 Å². The number of carbonyl (C=O) groups excluding carboxylic acids is 1. The predicted molar refractivity (Wildman–Crippen MR) is 58.7 cm³/mol. The molecule has 3 unspecified atom stereocenters. The normalized spacial score (nSPS) is 30.6. The number of fused-ring (bicyclic) bond motifs is 2. The number of carboxylic acids is 1. The third-order valence-corrected chi connectivity index (χ3v) is 3.48. The Labute approximate surface area is 94.7 Å². The molecule has 2 N–H and O–H groups in total. The summed E-state index contributed by atoms with van der Waals surface area (Å²) in [7, 11) is 0. The number of carboxylic acid groups (broad SMARTS) is 1. The van der Waals surface area contributed by atoms with Gasteiger partial charge in [-0.15, -0.1) is 0 Å². The van der Waals surface area contributed by atoms with Crippen molar-refractivity contribution in [2.45, 2.75) is 25.7 Å². The van der Waals surface area contributed by atoms with Crippen LogP contribution in [0.15, 0.2) is 12.2 Å². The maximum Gasteiger partial charge on any atom is 0.303 e. The molecule has 0 heterocycles. The number of rotatable bonds is 5. The van der Waals surface area contributed by atoms with Gasteiger partial charge in [-0.05, 0) is 31.1 Å². The van der Waals surface area contributed by atoms with Crippen LogP contribution in [0, 0.1) is 17.8 Å². The second-order valence-corrected chi connectivity index (χ2v) is 4.68. The van der Waals surface area contributed by atoms with Gasteiger partial charge in [0, 0.05) is 18.9 Å². The lowest BCUT2D eigenvalue weighted by Crippen LogP contribution is -2.33. The highest BCUT2D eigenvalue weighted by atomic mass is 16.4. The Hall–Kier alpha value is -1.32. The average Bonchev–Trinajstić information content (AvgIpc) is 2.85. The molecule has 0 aromatic heterocycles. The molecule has 2 bridgehead atoms. The predicted octanol–water partition coefficient (Wildman–Crippen LogP) is 1.18. The molecule has 88 valence electrons. The highest BCUT2D eigenvalue weighted by molar-refractivity contribution is 5.80. The highest BCUT2D eigenvalue weighted by Gasteiger charge is 2.39. The van der Waals surface area contributed by atoms with Crippen LogP contribution in [0.3, 0.4) is 0 Å². The van der Waals surface area contributed by atoms with E-state index in [0.29, 0.717) is 24.8 Å². The summed E-state index contributed by atoms with van der Waals surface area (Å²) < 4.78 is 0. The molecule has 2 rings (SSSR count). The van der Waals surface area contributed by atoms with Crippen LogP contribution in [0.5, 0.6) is 0 Å². The molecule has 0 spiro atoms. The maximum atomic E-state index is 11.8. The fraction of sp³-hybridized carbons (Fsp3) is 0.667. The first-order chi connectivity index (χ1) is 7.66. The molecule has 1 amide bonds. The molecule has 4 nitrogen and oxygen atoms in total. The molecule has 0 radical (unpaired) electrons. The van der Waals surface area contributed by atoms with Crippen LogP contribution in [-0.4, -0.2) is 23.5 Å². The fourth-order valence-electron chi connectivity index (χ4n) is 2.66. The SMILES string of the molecule is O=C(O)CCCNC(=O)C1CC2C=CC1C2. The van der Waals surface area contributed by atoms with E-state index in [1.807, 2.05) is 0 Å². The zero-order valence-corrected chi connectivity index (χ0v) is 9.19. The van der Waals surface area contributed by atoms with Gasteiger partial charge >= 0.3 is 5.97 Å². The van der Waals surface area contributed by atoms with E-state index in [2.05, 4.69) is 17.5 Å². The Morgan fingerprint density at radius 1 is 1.31 bits per heavy atom. The minimum absolute atomic E-state index is 0.0993. The second kappa shape index (κ2) is 4.68. The van der Waals surface area contributed by atoms with Crippen molar-refractivity contribution >= 4 is 11.9 Å². The third kappa shape index (κ3) is 2.43. The summed E-state index contributed by atoms with van der Waals surface area (Å²) in [4.78, 5) is 22.1. The van der Waals surface area contributed by atoms with Gasteiger partial charge in [0.2, 0.25) is 5.91 Å². The third-order valence-electron chi connectivity index (χ3n) is 3.48. The second-order valence-electron chi connectivity index (χ2n) is 4.68. The minimum Gasteiger partial charge on any atom is -0.481 e. The van der Waals surface area contributed by atoms with Crippen LogP contribution in [0.25, 0.3) is 0 Å². The first-order valence-corrected chi connectivity index (χ1v) is 5.84. The first-order valence-electron chi connectivity index (χ1n) is 5.84. The van der Waals surface area contributed by atoms with Crippen molar-refractivity contribution in [1.82, 2.24) is 5.32 Å². The van der Waals surface area contributed by atoms with E-state index in [0.717, 1.165) is 12.8 Å². The molecule has 0 aliphatic heterocycles. The summed E-state index contributed by atoms with van der Waals surface area (Å²) in [6, 6.07) is 0. The van der Waals surface area contributed by atoms with Crippen molar-refractivity contribution in [1.29, 1.82) is 0 Å². The summed E-state index contributed by atoms with van der Waals surface area (Å²) in [5.41, 5.74) is 0. The summed E-state index contributed by atoms with van der Waals surface area (Å²) >= 11 is 0. The van der Waals surface area contributed by atoms with Gasteiger partial charge in [-0.3, -0.25) is 9.59 Å². The van der Waals surface area contributed by atoms with Gasteiger partial charge in [0.05, 0.1) is 0 Å². The molecule has 0 saturated heterocycles. The number of hydrogen-bond acceptors (Lipinski definition) is 2. The Bertz CT molecular complexity index is 324. The smallest absolute Gasteiger partial charge is 0.303 e. The number of aliphatic carboxylic acids is 1. The van der Waals surface area contributed by atoms with E-state index in [1.165, 1.54) is 0 Å². The quantitative estimate of drug-likeness (QED) is 0.543. The summed E-state index contributed by atoms with van der Waals surface area (Å²) in [6.45, 7) is 0.475. The fourth-order valence-corrected chi connectivity index (χ4v) is 2.66. The Balaban J connectivity index is 1.69. The highest BCUT2D eigenvalue weighted by Crippen LogP contribution is 2.43. The molecule has 2 aliphatic rings. The van der Waals surface area contributed by atoms with Crippen molar-refractivity contribution in [3.05, 3.63) is 12.2 Å². The lowest BCUT2D eigenvalue weighted by atomic mass is 9.93. The van der Waals surface area contributed by atoms with Gasteiger partial charge in [0.25, 0.3) is 0 Å². The molecular weight excluding hydrogens is 206 g/mol. The molecule has 4 heteroatoms. The van der Waals surface area contributed by atoms with Gasteiger partial charge in [-0.2, -0.15) is 0 Å². The van der Waals surface area contributed by atoms with Crippen molar-refractivity contribution in [3.8, 4) is 0 Å². The summed E-state index contributed by atoms with van der Waals surface area (Å²) in [5, 5.41) is 11.3. The van der Waals surface area contributed by atoms with Crippen LogP contribution >= 0.6 is 0 Å². The molecule has 16 heavy (non-hydrogen) atoms. The zero-order chi connectivity index (χ0) is 11.5. The number of carbonyl (C=O) groups is 2. The largest absolute Gasteiger partial charge is 0.481 e. The monoisotopic (exact) mass is 223 g/mol. The lowest BCUT2D eigenvalue weighted by Gasteiger charge is -2.17. The average molecular weight is 223 g/mol. The Kier molecular flexibility index (Phi) is 3.27. The van der Waals surface area contributed by atoms with Crippen molar-refractivity contribution in [3.63, 3.8) is 0 Å². The van der Waals surface area contributed by atoms with Gasteiger partial charge in [0.15, 0.2) is 0 Å². The maximum absolute atomic E-state index is 11.8. The zero-order valence-electron chi connectivity index (χ0n) is 9.19. The van der Waals surface area contributed by atoms with Gasteiger partial charge in [0.1, 0.15) is 0 Å². The molecule has 0 aromatic rings. The number of amides is 1. The van der Waals surface area contributed by atoms with E-state index in [-0.39, 0.29) is 18.2 Å². The molecule has 3 atom stereocenters. The summed E-state index contributed by atoms with van der Waals surface area (Å²) in [6.07, 6.45) is 7.07. The van der Waals surface area contributed by atoms with Crippen LogP contribution in [-0.2, 0) is 9.59 Å². The van der Waals surface area contributed by atoms with Gasteiger partial charge in [-0.25, -0.2) is 0 Å². The van der Waals surface area contributed by atoms with E-state index in [1.54, 1.807) is 0 Å². The van der Waals surface area contributed by atoms with E-state index in [9.17, 15) is 9.59 Å². The Morgan fingerprint density at radius 2 is 2.12 bits per heavy atom. The summed E-state index contributed by atoms with van der Waals surface area (Å²) in [5.74, 6) is 0.434. The van der Waals surface area contributed by atoms with Gasteiger partial charge in [-0.1, -0.05) is 12.2 Å². The number of hydrogen-bond donors (Lipinski definition) is 2. The first kappa shape index (κ1) is 11.2. The van der Waals surface area contributed by atoms with Crippen molar-refractivity contribution in [2.24, 2.45) is 17.8 Å². The van der Waals surface area contributed by atoms with Gasteiger partial charge < -0.3 is 10.4 Å². The number of nitrogens with one attached hydrogen (secondary N) is 1. The molecule has 2 aliphatic carbocycles. The molecule has 1 saturated carbocycles.